The van der Waals surface area contributed by atoms with Crippen LogP contribution in [0.3, 0.4) is 0 Å². The first kappa shape index (κ1) is 23.4. The Morgan fingerprint density at radius 1 is 1.24 bits per heavy atom. The van der Waals surface area contributed by atoms with Gasteiger partial charge in [-0.1, -0.05) is 37.1 Å². The molecule has 2 rings (SSSR count). The number of aromatic amines is 1. The molecule has 0 unspecified atom stereocenters. The number of anilines is 2. The van der Waals surface area contributed by atoms with Gasteiger partial charge in [-0.05, 0) is 30.7 Å². The van der Waals surface area contributed by atoms with Crippen LogP contribution in [0.25, 0.3) is 0 Å². The Bertz CT molecular complexity index is 900. The molecule has 0 saturated carbocycles. The van der Waals surface area contributed by atoms with Crippen molar-refractivity contribution < 1.29 is 4.74 Å². The van der Waals surface area contributed by atoms with Gasteiger partial charge < -0.3 is 15.4 Å². The van der Waals surface area contributed by atoms with E-state index in [1.807, 2.05) is 36.1 Å². The number of hydrogen-bond donors (Lipinski definition) is 2. The van der Waals surface area contributed by atoms with E-state index in [1.54, 1.807) is 18.9 Å². The minimum Gasteiger partial charge on any atom is -0.383 e. The van der Waals surface area contributed by atoms with E-state index in [9.17, 15) is 9.59 Å². The molecule has 9 heteroatoms. The van der Waals surface area contributed by atoms with E-state index in [2.05, 4.69) is 4.98 Å². The Balaban J connectivity index is 2.15. The number of rotatable bonds is 12. The number of methoxy groups -OCH3 is 1. The van der Waals surface area contributed by atoms with E-state index < -0.39 is 11.2 Å². The number of nitrogens with one attached hydrogen (secondary N) is 1. The van der Waals surface area contributed by atoms with Crippen molar-refractivity contribution in [3.05, 3.63) is 50.1 Å². The van der Waals surface area contributed by atoms with Gasteiger partial charge in [0.05, 0.1) is 11.6 Å². The van der Waals surface area contributed by atoms with E-state index in [0.29, 0.717) is 31.9 Å². The lowest BCUT2D eigenvalue weighted by molar-refractivity contribution is 0.205. The lowest BCUT2D eigenvalue weighted by atomic mass is 10.3. The average molecular weight is 441 g/mol. The summed E-state index contributed by atoms with van der Waals surface area (Å²) in [4.78, 5) is 30.0. The van der Waals surface area contributed by atoms with Crippen molar-refractivity contribution in [3.63, 3.8) is 0 Å². The van der Waals surface area contributed by atoms with Gasteiger partial charge in [-0.15, -0.1) is 11.8 Å². The molecule has 0 fully saturated rings. The zero-order chi connectivity index (χ0) is 21.2. The molecule has 0 spiro atoms. The van der Waals surface area contributed by atoms with Crippen LogP contribution in [-0.4, -0.2) is 42.1 Å². The molecule has 7 nitrogen and oxygen atoms in total. The highest BCUT2D eigenvalue weighted by Gasteiger charge is 2.18. The summed E-state index contributed by atoms with van der Waals surface area (Å²) in [6.07, 6.45) is 2.54. The predicted octanol–water partition coefficient (Wildman–Crippen LogP) is 3.21. The minimum atomic E-state index is -0.467. The van der Waals surface area contributed by atoms with Gasteiger partial charge in [-0.25, -0.2) is 4.79 Å². The summed E-state index contributed by atoms with van der Waals surface area (Å²) in [7, 11) is 1.61. The molecule has 0 saturated heterocycles. The monoisotopic (exact) mass is 440 g/mol. The van der Waals surface area contributed by atoms with E-state index in [0.717, 1.165) is 34.9 Å². The van der Waals surface area contributed by atoms with Gasteiger partial charge in [-0.2, -0.15) is 0 Å². The second-order valence-electron chi connectivity index (χ2n) is 6.61. The zero-order valence-electron chi connectivity index (χ0n) is 16.9. The number of H-pyrrole nitrogens is 1. The van der Waals surface area contributed by atoms with E-state index in [4.69, 9.17) is 22.1 Å². The molecule has 0 bridgehead atoms. The van der Waals surface area contributed by atoms with Crippen LogP contribution in [-0.2, 0) is 11.3 Å². The van der Waals surface area contributed by atoms with Crippen molar-refractivity contribution in [2.75, 3.05) is 43.2 Å². The van der Waals surface area contributed by atoms with Crippen molar-refractivity contribution in [2.45, 2.75) is 37.6 Å². The van der Waals surface area contributed by atoms with Crippen molar-refractivity contribution >= 4 is 34.9 Å². The van der Waals surface area contributed by atoms with Crippen LogP contribution in [0.1, 0.15) is 26.2 Å². The van der Waals surface area contributed by atoms with Crippen LogP contribution in [0, 0.1) is 0 Å². The molecule has 2 aromatic rings. The first-order valence-corrected chi connectivity index (χ1v) is 11.1. The SMILES string of the molecule is CCCCn1c(N)c(N(CCCSc2ccccc2Cl)CCOC)c(=O)[nH]c1=O. The van der Waals surface area contributed by atoms with Crippen molar-refractivity contribution in [3.8, 4) is 0 Å². The van der Waals surface area contributed by atoms with Crippen molar-refractivity contribution in [1.82, 2.24) is 9.55 Å². The highest BCUT2D eigenvalue weighted by molar-refractivity contribution is 7.99. The van der Waals surface area contributed by atoms with Gasteiger partial charge in [0.2, 0.25) is 0 Å². The second-order valence-corrected chi connectivity index (χ2v) is 8.15. The molecule has 160 valence electrons. The van der Waals surface area contributed by atoms with Crippen molar-refractivity contribution in [2.24, 2.45) is 0 Å². The number of halogens is 1. The van der Waals surface area contributed by atoms with Gasteiger partial charge in [0, 0.05) is 31.6 Å². The van der Waals surface area contributed by atoms with Gasteiger partial charge in [0.1, 0.15) is 11.5 Å². The quantitative estimate of drug-likeness (QED) is 0.389. The predicted molar refractivity (Wildman–Crippen MR) is 122 cm³/mol. The molecular formula is C20H29ClN4O3S. The summed E-state index contributed by atoms with van der Waals surface area (Å²) in [6, 6.07) is 7.72. The molecule has 0 aliphatic rings. The third-order valence-electron chi connectivity index (χ3n) is 4.50. The number of nitrogen functional groups attached to an aromatic ring is 1. The molecule has 3 N–H and O–H groups in total. The maximum Gasteiger partial charge on any atom is 0.330 e. The highest BCUT2D eigenvalue weighted by Crippen LogP contribution is 2.27. The molecule has 1 aromatic heterocycles. The maximum absolute atomic E-state index is 12.5. The normalized spacial score (nSPS) is 11.0. The first-order chi connectivity index (χ1) is 14.0. The third kappa shape index (κ3) is 6.55. The number of ether oxygens (including phenoxy) is 1. The highest BCUT2D eigenvalue weighted by atomic mass is 35.5. The fourth-order valence-electron chi connectivity index (χ4n) is 2.96. The standard InChI is InChI=1S/C20H29ClN4O3S/c1-3-4-11-25-18(22)17(19(26)23-20(25)27)24(12-13-28-2)10-7-14-29-16-9-6-5-8-15(16)21/h5-6,8-9H,3-4,7,10-14,22H2,1-2H3,(H,23,26,27). The molecule has 0 aliphatic carbocycles. The summed E-state index contributed by atoms with van der Waals surface area (Å²) >= 11 is 7.87. The number of hydrogen-bond acceptors (Lipinski definition) is 6. The second kappa shape index (κ2) is 11.9. The summed E-state index contributed by atoms with van der Waals surface area (Å²) in [5, 5.41) is 0.734. The largest absolute Gasteiger partial charge is 0.383 e. The van der Waals surface area contributed by atoms with Crippen LogP contribution >= 0.6 is 23.4 Å². The number of nitrogens with zero attached hydrogens (tertiary/aromatic N) is 2. The number of aromatic nitrogens is 2. The molecular weight excluding hydrogens is 412 g/mol. The van der Waals surface area contributed by atoms with Gasteiger partial charge in [-0.3, -0.25) is 14.3 Å². The molecule has 1 aromatic carbocycles. The Labute approximate surface area is 180 Å². The molecule has 1 heterocycles. The lowest BCUT2D eigenvalue weighted by Crippen LogP contribution is -2.40. The Morgan fingerprint density at radius 3 is 2.69 bits per heavy atom. The summed E-state index contributed by atoms with van der Waals surface area (Å²) in [5.74, 6) is 1.04. The zero-order valence-corrected chi connectivity index (χ0v) is 18.5. The topological polar surface area (TPSA) is 93.3 Å². The van der Waals surface area contributed by atoms with Crippen molar-refractivity contribution in [1.29, 1.82) is 0 Å². The number of unbranched alkanes of at least 4 members (excludes halogenated alkanes) is 1. The Kier molecular flexibility index (Phi) is 9.63. The number of nitrogens with two attached hydrogens (primary N) is 1. The molecule has 0 aliphatic heterocycles. The van der Waals surface area contributed by atoms with Crippen LogP contribution in [0.2, 0.25) is 5.02 Å². The maximum atomic E-state index is 12.5. The van der Waals surface area contributed by atoms with E-state index in [1.165, 1.54) is 4.57 Å². The summed E-state index contributed by atoms with van der Waals surface area (Å²) in [6.45, 7) is 4.08. The van der Waals surface area contributed by atoms with Crippen LogP contribution in [0.5, 0.6) is 0 Å². The third-order valence-corrected chi connectivity index (χ3v) is 6.10. The fraction of sp³-hybridized carbons (Fsp3) is 0.500. The fourth-order valence-corrected chi connectivity index (χ4v) is 4.13. The van der Waals surface area contributed by atoms with Crippen LogP contribution in [0.4, 0.5) is 11.5 Å². The smallest absolute Gasteiger partial charge is 0.330 e. The van der Waals surface area contributed by atoms with Crippen LogP contribution < -0.4 is 21.9 Å². The molecule has 0 atom stereocenters. The molecule has 0 amide bonds. The van der Waals surface area contributed by atoms with E-state index in [-0.39, 0.29) is 5.82 Å². The Morgan fingerprint density at radius 2 is 2.00 bits per heavy atom. The first-order valence-electron chi connectivity index (χ1n) is 9.73. The number of benzene rings is 1. The number of thioether (sulfide) groups is 1. The Hall–Kier alpha value is -1.90. The van der Waals surface area contributed by atoms with Gasteiger partial charge in [0.15, 0.2) is 0 Å². The lowest BCUT2D eigenvalue weighted by Gasteiger charge is -2.26. The molecule has 0 radical (unpaired) electrons. The van der Waals surface area contributed by atoms with Gasteiger partial charge >= 0.3 is 5.69 Å². The summed E-state index contributed by atoms with van der Waals surface area (Å²) < 4.78 is 6.64. The minimum absolute atomic E-state index is 0.210. The van der Waals surface area contributed by atoms with Gasteiger partial charge in [0.25, 0.3) is 5.56 Å². The molecule has 29 heavy (non-hydrogen) atoms. The van der Waals surface area contributed by atoms with Crippen LogP contribution in [0.15, 0.2) is 38.8 Å². The van der Waals surface area contributed by atoms with E-state index >= 15 is 0 Å². The average Bonchev–Trinajstić information content (AvgIpc) is 2.69. The summed E-state index contributed by atoms with van der Waals surface area (Å²) in [5.41, 5.74) is 5.66.